The van der Waals surface area contributed by atoms with E-state index in [9.17, 15) is 14.9 Å². The van der Waals surface area contributed by atoms with Gasteiger partial charge in [-0.2, -0.15) is 5.10 Å². The lowest BCUT2D eigenvalue weighted by Gasteiger charge is -2.06. The lowest BCUT2D eigenvalue weighted by atomic mass is 10.1. The summed E-state index contributed by atoms with van der Waals surface area (Å²) in [6.45, 7) is 1.71. The van der Waals surface area contributed by atoms with Gasteiger partial charge in [-0.05, 0) is 31.2 Å². The van der Waals surface area contributed by atoms with Crippen molar-refractivity contribution >= 4 is 43.5 Å². The van der Waals surface area contributed by atoms with E-state index in [0.717, 1.165) is 10.2 Å². The van der Waals surface area contributed by atoms with E-state index in [0.29, 0.717) is 22.0 Å². The number of nitrogens with zero attached hydrogens (tertiary/aromatic N) is 3. The van der Waals surface area contributed by atoms with Crippen LogP contribution in [0, 0.1) is 17.0 Å². The Morgan fingerprint density at radius 3 is 2.76 bits per heavy atom. The maximum absolute atomic E-state index is 12.4. The van der Waals surface area contributed by atoms with Crippen LogP contribution >= 0.6 is 15.9 Å². The Morgan fingerprint density at radius 2 is 2.04 bits per heavy atom. The first-order valence-electron chi connectivity index (χ1n) is 7.32. The highest BCUT2D eigenvalue weighted by molar-refractivity contribution is 9.10. The van der Waals surface area contributed by atoms with Crippen molar-refractivity contribution in [3.05, 3.63) is 73.2 Å². The normalized spacial score (nSPS) is 11.3. The first-order chi connectivity index (χ1) is 12.0. The van der Waals surface area contributed by atoms with Gasteiger partial charge in [-0.25, -0.2) is 9.48 Å². The van der Waals surface area contributed by atoms with Gasteiger partial charge in [-0.15, -0.1) is 0 Å². The SMILES string of the molecule is Cc1nn(-c2cccc(Br)c2)c2c1c(=O)oc1ccc([N+](=O)[O-])cc12. The number of nitro benzene ring substituents is 1. The van der Waals surface area contributed by atoms with Gasteiger partial charge in [-0.1, -0.05) is 22.0 Å². The van der Waals surface area contributed by atoms with E-state index in [1.165, 1.54) is 18.2 Å². The number of aryl methyl sites for hydroxylation is 1. The molecule has 0 bridgehead atoms. The number of hydrogen-bond donors (Lipinski definition) is 0. The van der Waals surface area contributed by atoms with Crippen molar-refractivity contribution in [3.63, 3.8) is 0 Å². The third-order valence-electron chi connectivity index (χ3n) is 3.95. The lowest BCUT2D eigenvalue weighted by molar-refractivity contribution is -0.384. The molecule has 4 aromatic rings. The van der Waals surface area contributed by atoms with Crippen molar-refractivity contribution in [1.82, 2.24) is 9.78 Å². The van der Waals surface area contributed by atoms with E-state index in [4.69, 9.17) is 4.42 Å². The van der Waals surface area contributed by atoms with Gasteiger partial charge in [0.1, 0.15) is 11.0 Å². The second-order valence-electron chi connectivity index (χ2n) is 5.53. The monoisotopic (exact) mass is 399 g/mol. The Labute approximate surface area is 148 Å². The molecule has 0 N–H and O–H groups in total. The Balaban J connectivity index is 2.21. The van der Waals surface area contributed by atoms with Gasteiger partial charge in [0, 0.05) is 16.6 Å². The zero-order valence-corrected chi connectivity index (χ0v) is 14.5. The Hall–Kier alpha value is -3.00. The van der Waals surface area contributed by atoms with E-state index in [1.807, 2.05) is 24.3 Å². The molecule has 0 aliphatic heterocycles. The fourth-order valence-corrected chi connectivity index (χ4v) is 3.26. The fourth-order valence-electron chi connectivity index (χ4n) is 2.87. The Bertz CT molecular complexity index is 1230. The summed E-state index contributed by atoms with van der Waals surface area (Å²) < 4.78 is 7.78. The molecule has 0 fully saturated rings. The lowest BCUT2D eigenvalue weighted by Crippen LogP contribution is -2.02. The van der Waals surface area contributed by atoms with Gasteiger partial charge in [0.2, 0.25) is 0 Å². The first kappa shape index (κ1) is 15.5. The molecule has 0 atom stereocenters. The molecular formula is C17H10BrN3O4. The van der Waals surface area contributed by atoms with E-state index in [-0.39, 0.29) is 11.3 Å². The Morgan fingerprint density at radius 1 is 1.24 bits per heavy atom. The highest BCUT2D eigenvalue weighted by Gasteiger charge is 2.19. The van der Waals surface area contributed by atoms with E-state index < -0.39 is 10.5 Å². The average molecular weight is 400 g/mol. The summed E-state index contributed by atoms with van der Waals surface area (Å²) in [6, 6.07) is 11.6. The molecule has 0 radical (unpaired) electrons. The van der Waals surface area contributed by atoms with Crippen LogP contribution in [0.15, 0.2) is 56.1 Å². The summed E-state index contributed by atoms with van der Waals surface area (Å²) in [5, 5.41) is 16.4. The molecule has 7 nitrogen and oxygen atoms in total. The van der Waals surface area contributed by atoms with Gasteiger partial charge in [0.25, 0.3) is 5.69 Å². The molecule has 2 heterocycles. The zero-order chi connectivity index (χ0) is 17.7. The number of fused-ring (bicyclic) bond motifs is 3. The van der Waals surface area contributed by atoms with Crippen molar-refractivity contribution in [1.29, 1.82) is 0 Å². The number of aromatic nitrogens is 2. The van der Waals surface area contributed by atoms with Gasteiger partial charge < -0.3 is 4.42 Å². The molecule has 2 aromatic heterocycles. The highest BCUT2D eigenvalue weighted by atomic mass is 79.9. The predicted molar refractivity (Wildman–Crippen MR) is 96.2 cm³/mol. The molecule has 0 saturated heterocycles. The summed E-state index contributed by atoms with van der Waals surface area (Å²) in [6.07, 6.45) is 0. The van der Waals surface area contributed by atoms with Crippen LogP contribution in [0.1, 0.15) is 5.69 Å². The largest absolute Gasteiger partial charge is 0.422 e. The van der Waals surface area contributed by atoms with Crippen LogP contribution in [0.4, 0.5) is 5.69 Å². The molecule has 0 spiro atoms. The van der Waals surface area contributed by atoms with Crippen LogP contribution in [-0.4, -0.2) is 14.7 Å². The van der Waals surface area contributed by atoms with Crippen LogP contribution in [0.25, 0.3) is 27.6 Å². The molecule has 4 rings (SSSR count). The number of non-ortho nitro benzene ring substituents is 1. The molecule has 0 unspecified atom stereocenters. The minimum Gasteiger partial charge on any atom is -0.422 e. The minimum atomic E-state index is -0.518. The summed E-state index contributed by atoms with van der Waals surface area (Å²) in [5.41, 5.74) is 1.39. The summed E-state index contributed by atoms with van der Waals surface area (Å²) in [7, 11) is 0. The molecule has 0 amide bonds. The molecule has 8 heteroatoms. The predicted octanol–water partition coefficient (Wildman–Crippen LogP) is 4.11. The fraction of sp³-hybridized carbons (Fsp3) is 0.0588. The van der Waals surface area contributed by atoms with Crippen LogP contribution in [-0.2, 0) is 0 Å². The topological polar surface area (TPSA) is 91.2 Å². The van der Waals surface area contributed by atoms with Crippen molar-refractivity contribution in [2.24, 2.45) is 0 Å². The van der Waals surface area contributed by atoms with Gasteiger partial charge in [-0.3, -0.25) is 10.1 Å². The highest BCUT2D eigenvalue weighted by Crippen LogP contribution is 2.30. The molecule has 0 aliphatic carbocycles. The third kappa shape index (κ3) is 2.42. The third-order valence-corrected chi connectivity index (χ3v) is 4.44. The van der Waals surface area contributed by atoms with Gasteiger partial charge >= 0.3 is 5.63 Å². The van der Waals surface area contributed by atoms with Crippen LogP contribution < -0.4 is 5.63 Å². The smallest absolute Gasteiger partial charge is 0.347 e. The molecule has 124 valence electrons. The second kappa shape index (κ2) is 5.52. The van der Waals surface area contributed by atoms with Crippen LogP contribution in [0.2, 0.25) is 0 Å². The Kier molecular flexibility index (Phi) is 3.43. The molecule has 0 aliphatic rings. The van der Waals surface area contributed by atoms with Crippen molar-refractivity contribution in [3.8, 4) is 5.69 Å². The second-order valence-corrected chi connectivity index (χ2v) is 6.44. The van der Waals surface area contributed by atoms with Crippen LogP contribution in [0.3, 0.4) is 0 Å². The van der Waals surface area contributed by atoms with Gasteiger partial charge in [0.05, 0.1) is 27.2 Å². The molecule has 2 aromatic carbocycles. The quantitative estimate of drug-likeness (QED) is 0.287. The number of halogens is 1. The van der Waals surface area contributed by atoms with Gasteiger partial charge in [0.15, 0.2) is 0 Å². The van der Waals surface area contributed by atoms with E-state index in [1.54, 1.807) is 11.6 Å². The molecule has 0 saturated carbocycles. The summed E-state index contributed by atoms with van der Waals surface area (Å²) in [5.74, 6) is 0. The average Bonchev–Trinajstić information content (AvgIpc) is 2.93. The zero-order valence-electron chi connectivity index (χ0n) is 12.9. The van der Waals surface area contributed by atoms with Crippen molar-refractivity contribution in [2.45, 2.75) is 6.92 Å². The van der Waals surface area contributed by atoms with E-state index in [2.05, 4.69) is 21.0 Å². The standard InChI is InChI=1S/C17H10BrN3O4/c1-9-15-16(20(19-9)11-4-2-3-10(18)7-11)13-8-12(21(23)24)5-6-14(13)25-17(15)22/h2-8H,1H3. The number of rotatable bonds is 2. The number of benzene rings is 2. The molecular weight excluding hydrogens is 390 g/mol. The van der Waals surface area contributed by atoms with E-state index >= 15 is 0 Å². The maximum Gasteiger partial charge on any atom is 0.347 e. The number of nitro groups is 1. The van der Waals surface area contributed by atoms with Crippen molar-refractivity contribution < 1.29 is 9.34 Å². The number of hydrogen-bond acceptors (Lipinski definition) is 5. The molecule has 25 heavy (non-hydrogen) atoms. The summed E-state index contributed by atoms with van der Waals surface area (Å²) in [4.78, 5) is 23.0. The first-order valence-corrected chi connectivity index (χ1v) is 8.11. The van der Waals surface area contributed by atoms with Crippen LogP contribution in [0.5, 0.6) is 0 Å². The maximum atomic E-state index is 12.4. The van der Waals surface area contributed by atoms with Crippen molar-refractivity contribution in [2.75, 3.05) is 0 Å². The summed E-state index contributed by atoms with van der Waals surface area (Å²) >= 11 is 3.41. The minimum absolute atomic E-state index is 0.0812.